The first-order valence-electron chi connectivity index (χ1n) is 6.79. The lowest BCUT2D eigenvalue weighted by Crippen LogP contribution is -2.23. The zero-order chi connectivity index (χ0) is 11.9. The number of para-hydroxylation sites is 1. The highest BCUT2D eigenvalue weighted by Gasteiger charge is 2.25. The standard InChI is InChI=1S/C15H17N3/c1-2-4-13-12(3-1)9-14(15-16-7-8-17-15)18(13)10-11-5-6-11/h1-4,9,11H,5-8,10H2,(H,16,17). The number of nitrogens with zero attached hydrogens (tertiary/aromatic N) is 2. The number of hydrogen-bond donors (Lipinski definition) is 1. The van der Waals surface area contributed by atoms with Crippen molar-refractivity contribution in [2.24, 2.45) is 10.9 Å². The molecule has 2 aromatic rings. The van der Waals surface area contributed by atoms with Gasteiger partial charge in [0.05, 0.1) is 12.2 Å². The van der Waals surface area contributed by atoms with E-state index in [1.54, 1.807) is 0 Å². The second-order valence-electron chi connectivity index (χ2n) is 5.30. The lowest BCUT2D eigenvalue weighted by molar-refractivity contribution is 0.642. The third-order valence-electron chi connectivity index (χ3n) is 3.87. The summed E-state index contributed by atoms with van der Waals surface area (Å²) in [6.45, 7) is 3.02. The Bertz CT molecular complexity index is 620. The quantitative estimate of drug-likeness (QED) is 0.875. The maximum Gasteiger partial charge on any atom is 0.145 e. The molecule has 0 radical (unpaired) electrons. The van der Waals surface area contributed by atoms with Gasteiger partial charge in [-0.05, 0) is 30.9 Å². The molecule has 1 aromatic heterocycles. The van der Waals surface area contributed by atoms with Crippen molar-refractivity contribution in [3.05, 3.63) is 36.0 Å². The van der Waals surface area contributed by atoms with Gasteiger partial charge >= 0.3 is 0 Å². The molecule has 0 saturated heterocycles. The maximum atomic E-state index is 4.57. The smallest absolute Gasteiger partial charge is 0.145 e. The van der Waals surface area contributed by atoms with E-state index in [4.69, 9.17) is 0 Å². The molecule has 2 heterocycles. The fourth-order valence-electron chi connectivity index (χ4n) is 2.73. The molecule has 18 heavy (non-hydrogen) atoms. The molecule has 1 aromatic carbocycles. The van der Waals surface area contributed by atoms with E-state index in [0.29, 0.717) is 0 Å². The van der Waals surface area contributed by atoms with Crippen molar-refractivity contribution in [1.29, 1.82) is 0 Å². The van der Waals surface area contributed by atoms with Crippen molar-refractivity contribution in [3.8, 4) is 0 Å². The highest BCUT2D eigenvalue weighted by Crippen LogP contribution is 2.33. The zero-order valence-corrected chi connectivity index (χ0v) is 10.4. The Kier molecular flexibility index (Phi) is 2.19. The predicted molar refractivity (Wildman–Crippen MR) is 74.1 cm³/mol. The van der Waals surface area contributed by atoms with Gasteiger partial charge in [-0.1, -0.05) is 18.2 Å². The van der Waals surface area contributed by atoms with E-state index in [9.17, 15) is 0 Å². The van der Waals surface area contributed by atoms with Crippen LogP contribution in [-0.4, -0.2) is 23.5 Å². The number of rotatable bonds is 3. The Morgan fingerprint density at radius 2 is 2.17 bits per heavy atom. The van der Waals surface area contributed by atoms with Gasteiger partial charge in [-0.2, -0.15) is 0 Å². The monoisotopic (exact) mass is 239 g/mol. The van der Waals surface area contributed by atoms with Gasteiger partial charge in [0, 0.05) is 24.0 Å². The summed E-state index contributed by atoms with van der Waals surface area (Å²) in [6, 6.07) is 10.9. The minimum Gasteiger partial charge on any atom is -0.367 e. The molecule has 92 valence electrons. The van der Waals surface area contributed by atoms with Gasteiger partial charge in [0.15, 0.2) is 0 Å². The van der Waals surface area contributed by atoms with E-state index in [1.165, 1.54) is 29.4 Å². The van der Waals surface area contributed by atoms with Gasteiger partial charge in [0.2, 0.25) is 0 Å². The molecule has 0 amide bonds. The molecular weight excluding hydrogens is 222 g/mol. The van der Waals surface area contributed by atoms with Crippen molar-refractivity contribution in [1.82, 2.24) is 9.88 Å². The highest BCUT2D eigenvalue weighted by molar-refractivity contribution is 6.02. The SMILES string of the molecule is c1ccc2c(c1)cc(C1=NCCN1)n2CC1CC1. The number of amidine groups is 1. The van der Waals surface area contributed by atoms with Crippen molar-refractivity contribution in [2.45, 2.75) is 19.4 Å². The fraction of sp³-hybridized carbons (Fsp3) is 0.400. The molecular formula is C15H17N3. The minimum atomic E-state index is 0.876. The zero-order valence-electron chi connectivity index (χ0n) is 10.4. The molecule has 1 fully saturated rings. The molecule has 0 atom stereocenters. The average molecular weight is 239 g/mol. The van der Waals surface area contributed by atoms with E-state index in [-0.39, 0.29) is 0 Å². The first-order chi connectivity index (χ1) is 8.92. The van der Waals surface area contributed by atoms with Crippen LogP contribution in [0.3, 0.4) is 0 Å². The van der Waals surface area contributed by atoms with Crippen molar-refractivity contribution in [2.75, 3.05) is 13.1 Å². The molecule has 3 heteroatoms. The van der Waals surface area contributed by atoms with E-state index < -0.39 is 0 Å². The normalized spacial score (nSPS) is 19.0. The molecule has 2 aliphatic rings. The Morgan fingerprint density at radius 3 is 2.94 bits per heavy atom. The Morgan fingerprint density at radius 1 is 1.28 bits per heavy atom. The molecule has 1 N–H and O–H groups in total. The number of aliphatic imine (C=N–C) groups is 1. The summed E-state index contributed by atoms with van der Waals surface area (Å²) in [4.78, 5) is 4.57. The molecule has 0 bridgehead atoms. The summed E-state index contributed by atoms with van der Waals surface area (Å²) in [5.74, 6) is 1.95. The number of aromatic nitrogens is 1. The summed E-state index contributed by atoms with van der Waals surface area (Å²) in [7, 11) is 0. The van der Waals surface area contributed by atoms with Crippen LogP contribution in [0.15, 0.2) is 35.3 Å². The Labute approximate surface area is 107 Å². The molecule has 3 nitrogen and oxygen atoms in total. The minimum absolute atomic E-state index is 0.876. The largest absolute Gasteiger partial charge is 0.367 e. The Hall–Kier alpha value is -1.77. The molecule has 1 aliphatic heterocycles. The van der Waals surface area contributed by atoms with Crippen molar-refractivity contribution in [3.63, 3.8) is 0 Å². The Balaban J connectivity index is 1.87. The van der Waals surface area contributed by atoms with E-state index >= 15 is 0 Å². The first-order valence-corrected chi connectivity index (χ1v) is 6.79. The fourth-order valence-corrected chi connectivity index (χ4v) is 2.73. The summed E-state index contributed by atoms with van der Waals surface area (Å²) in [5, 5.41) is 4.72. The van der Waals surface area contributed by atoms with Crippen LogP contribution in [0.1, 0.15) is 18.5 Å². The summed E-state index contributed by atoms with van der Waals surface area (Å²) < 4.78 is 2.45. The molecule has 1 aliphatic carbocycles. The molecule has 4 rings (SSSR count). The average Bonchev–Trinajstić information content (AvgIpc) is 2.91. The first kappa shape index (κ1) is 10.2. The topological polar surface area (TPSA) is 29.3 Å². The van der Waals surface area contributed by atoms with E-state index in [2.05, 4.69) is 45.2 Å². The second-order valence-corrected chi connectivity index (χ2v) is 5.30. The van der Waals surface area contributed by atoms with Gasteiger partial charge < -0.3 is 9.88 Å². The van der Waals surface area contributed by atoms with Crippen LogP contribution in [0.5, 0.6) is 0 Å². The predicted octanol–water partition coefficient (Wildman–Crippen LogP) is 2.40. The highest BCUT2D eigenvalue weighted by atomic mass is 15.1. The number of nitrogens with one attached hydrogen (secondary N) is 1. The van der Waals surface area contributed by atoms with Crippen molar-refractivity contribution < 1.29 is 0 Å². The van der Waals surface area contributed by atoms with Crippen LogP contribution >= 0.6 is 0 Å². The lowest BCUT2D eigenvalue weighted by atomic mass is 10.2. The molecule has 0 unspecified atom stereocenters. The van der Waals surface area contributed by atoms with Crippen LogP contribution in [0.4, 0.5) is 0 Å². The molecule has 0 spiro atoms. The van der Waals surface area contributed by atoms with Crippen molar-refractivity contribution >= 4 is 16.7 Å². The second kappa shape index (κ2) is 3.87. The van der Waals surface area contributed by atoms with Crippen LogP contribution in [-0.2, 0) is 6.54 Å². The summed E-state index contributed by atoms with van der Waals surface area (Å²) >= 11 is 0. The van der Waals surface area contributed by atoms with Crippen LogP contribution in [0.2, 0.25) is 0 Å². The molecule has 1 saturated carbocycles. The van der Waals surface area contributed by atoms with Gasteiger partial charge in [-0.3, -0.25) is 4.99 Å². The third kappa shape index (κ3) is 1.62. The number of fused-ring (bicyclic) bond motifs is 1. The van der Waals surface area contributed by atoms with Gasteiger partial charge in [0.25, 0.3) is 0 Å². The summed E-state index contributed by atoms with van der Waals surface area (Å²) in [6.07, 6.45) is 2.76. The third-order valence-corrected chi connectivity index (χ3v) is 3.87. The van der Waals surface area contributed by atoms with Crippen LogP contribution in [0, 0.1) is 5.92 Å². The lowest BCUT2D eigenvalue weighted by Gasteiger charge is -2.10. The summed E-state index contributed by atoms with van der Waals surface area (Å²) in [5.41, 5.74) is 2.61. The maximum absolute atomic E-state index is 4.57. The number of hydrogen-bond acceptors (Lipinski definition) is 2. The number of benzene rings is 1. The van der Waals surface area contributed by atoms with E-state index in [1.807, 2.05) is 0 Å². The van der Waals surface area contributed by atoms with Crippen LogP contribution < -0.4 is 5.32 Å². The van der Waals surface area contributed by atoms with Gasteiger partial charge in [-0.15, -0.1) is 0 Å². The van der Waals surface area contributed by atoms with Gasteiger partial charge in [0.1, 0.15) is 5.84 Å². The van der Waals surface area contributed by atoms with E-state index in [0.717, 1.165) is 31.4 Å². The van der Waals surface area contributed by atoms with Gasteiger partial charge in [-0.25, -0.2) is 0 Å². The van der Waals surface area contributed by atoms with Crippen LogP contribution in [0.25, 0.3) is 10.9 Å².